The molecule has 0 unspecified atom stereocenters. The number of nitrogens with two attached hydrogens (primary N) is 1. The lowest BCUT2D eigenvalue weighted by molar-refractivity contribution is -0.122. The van der Waals surface area contributed by atoms with E-state index in [1.54, 1.807) is 18.1 Å². The number of nitrogens with zero attached hydrogens (tertiary/aromatic N) is 4. The fourth-order valence-corrected chi connectivity index (χ4v) is 3.11. The van der Waals surface area contributed by atoms with Gasteiger partial charge in [0.1, 0.15) is 17.2 Å². The second-order valence-electron chi connectivity index (χ2n) is 4.82. The first-order valence-corrected chi connectivity index (χ1v) is 7.70. The van der Waals surface area contributed by atoms with Crippen LogP contribution in [0.15, 0.2) is 11.4 Å². The molecule has 0 aliphatic carbocycles. The number of aromatic nitrogens is 4. The molecule has 3 N–H and O–H groups in total. The summed E-state index contributed by atoms with van der Waals surface area (Å²) in [5.74, 6) is 0.662. The first kappa shape index (κ1) is 13.2. The van der Waals surface area contributed by atoms with Gasteiger partial charge in [0.05, 0.1) is 5.39 Å². The standard InChI is InChI=1S/C12H16N6OS/c1-20-12-8-10(16-17-12)14-6-15-11(8)18-4-2-7(3-5-18)9(13)19/h6-7H,2-5H2,1H3,(H2,13,19)(H,14,15,16,17). The number of anilines is 1. The zero-order valence-corrected chi connectivity index (χ0v) is 12.0. The zero-order chi connectivity index (χ0) is 14.1. The molecule has 20 heavy (non-hydrogen) atoms. The number of H-pyrrole nitrogens is 1. The van der Waals surface area contributed by atoms with E-state index >= 15 is 0 Å². The Bertz CT molecular complexity index is 634. The highest BCUT2D eigenvalue weighted by Crippen LogP contribution is 2.31. The zero-order valence-electron chi connectivity index (χ0n) is 11.2. The lowest BCUT2D eigenvalue weighted by atomic mass is 9.96. The number of piperidine rings is 1. The van der Waals surface area contributed by atoms with Gasteiger partial charge in [-0.25, -0.2) is 9.97 Å². The smallest absolute Gasteiger partial charge is 0.220 e. The van der Waals surface area contributed by atoms with Crippen molar-refractivity contribution < 1.29 is 4.79 Å². The van der Waals surface area contributed by atoms with Gasteiger partial charge in [-0.1, -0.05) is 0 Å². The molecule has 106 valence electrons. The normalized spacial score (nSPS) is 16.8. The molecule has 0 saturated carbocycles. The molecule has 2 aromatic heterocycles. The molecule has 1 amide bonds. The van der Waals surface area contributed by atoms with Gasteiger partial charge in [-0.05, 0) is 19.1 Å². The highest BCUT2D eigenvalue weighted by Gasteiger charge is 2.26. The van der Waals surface area contributed by atoms with E-state index in [2.05, 4.69) is 25.1 Å². The Hall–Kier alpha value is -1.83. The van der Waals surface area contributed by atoms with Gasteiger partial charge in [0.15, 0.2) is 5.65 Å². The summed E-state index contributed by atoms with van der Waals surface area (Å²) in [7, 11) is 0. The van der Waals surface area contributed by atoms with Gasteiger partial charge < -0.3 is 10.6 Å². The minimum atomic E-state index is -0.203. The number of hydrogen-bond donors (Lipinski definition) is 2. The molecule has 1 fully saturated rings. The molecule has 3 heterocycles. The van der Waals surface area contributed by atoms with Crippen molar-refractivity contribution in [2.75, 3.05) is 24.2 Å². The average Bonchev–Trinajstić information content (AvgIpc) is 2.90. The first-order valence-electron chi connectivity index (χ1n) is 6.48. The van der Waals surface area contributed by atoms with E-state index in [1.807, 2.05) is 6.26 Å². The SMILES string of the molecule is CSc1n[nH]c2ncnc(N3CCC(C(N)=O)CC3)c12. The van der Waals surface area contributed by atoms with Crippen LogP contribution in [-0.2, 0) is 4.79 Å². The van der Waals surface area contributed by atoms with E-state index in [4.69, 9.17) is 5.73 Å². The third-order valence-electron chi connectivity index (χ3n) is 3.69. The molecular weight excluding hydrogens is 276 g/mol. The predicted molar refractivity (Wildman–Crippen MR) is 77.6 cm³/mol. The van der Waals surface area contributed by atoms with Gasteiger partial charge in [0, 0.05) is 19.0 Å². The van der Waals surface area contributed by atoms with E-state index < -0.39 is 0 Å². The Morgan fingerprint density at radius 3 is 2.85 bits per heavy atom. The van der Waals surface area contributed by atoms with Crippen LogP contribution in [0.4, 0.5) is 5.82 Å². The van der Waals surface area contributed by atoms with E-state index in [0.717, 1.165) is 47.8 Å². The number of primary amides is 1. The number of rotatable bonds is 3. The summed E-state index contributed by atoms with van der Waals surface area (Å²) in [6, 6.07) is 0. The Labute approximate surface area is 120 Å². The maximum atomic E-state index is 11.2. The number of fused-ring (bicyclic) bond motifs is 1. The largest absolute Gasteiger partial charge is 0.369 e. The number of amides is 1. The Balaban J connectivity index is 1.91. The summed E-state index contributed by atoms with van der Waals surface area (Å²) in [6.07, 6.45) is 5.06. The minimum absolute atomic E-state index is 0.0204. The Morgan fingerprint density at radius 2 is 2.20 bits per heavy atom. The van der Waals surface area contributed by atoms with Gasteiger partial charge in [-0.3, -0.25) is 9.89 Å². The fraction of sp³-hybridized carbons (Fsp3) is 0.500. The van der Waals surface area contributed by atoms with Crippen LogP contribution in [0.25, 0.3) is 11.0 Å². The summed E-state index contributed by atoms with van der Waals surface area (Å²) in [5.41, 5.74) is 6.12. The third-order valence-corrected chi connectivity index (χ3v) is 4.38. The molecule has 0 aromatic carbocycles. The number of thioether (sulfide) groups is 1. The third kappa shape index (κ3) is 2.20. The second-order valence-corrected chi connectivity index (χ2v) is 5.61. The maximum absolute atomic E-state index is 11.2. The summed E-state index contributed by atoms with van der Waals surface area (Å²) in [5, 5.41) is 9.02. The molecule has 8 heteroatoms. The van der Waals surface area contributed by atoms with Gasteiger partial charge in [-0.15, -0.1) is 11.8 Å². The molecule has 3 rings (SSSR count). The first-order chi connectivity index (χ1) is 9.70. The molecule has 1 aliphatic heterocycles. The van der Waals surface area contributed by atoms with Crippen molar-refractivity contribution in [2.45, 2.75) is 17.9 Å². The quantitative estimate of drug-likeness (QED) is 0.811. The van der Waals surface area contributed by atoms with Crippen LogP contribution in [0.3, 0.4) is 0 Å². The number of hydrogen-bond acceptors (Lipinski definition) is 6. The average molecular weight is 292 g/mol. The number of carbonyl (C=O) groups excluding carboxylic acids is 1. The fourth-order valence-electron chi connectivity index (χ4n) is 2.58. The van der Waals surface area contributed by atoms with Crippen molar-refractivity contribution in [3.8, 4) is 0 Å². The van der Waals surface area contributed by atoms with Crippen molar-refractivity contribution in [2.24, 2.45) is 11.7 Å². The monoisotopic (exact) mass is 292 g/mol. The van der Waals surface area contributed by atoms with Gasteiger partial charge in [0.25, 0.3) is 0 Å². The second kappa shape index (κ2) is 5.28. The lowest BCUT2D eigenvalue weighted by Gasteiger charge is -2.31. The van der Waals surface area contributed by atoms with Crippen molar-refractivity contribution in [3.63, 3.8) is 0 Å². The van der Waals surface area contributed by atoms with E-state index in [1.165, 1.54) is 0 Å². The van der Waals surface area contributed by atoms with Crippen molar-refractivity contribution in [1.29, 1.82) is 0 Å². The minimum Gasteiger partial charge on any atom is -0.369 e. The van der Waals surface area contributed by atoms with E-state index in [0.29, 0.717) is 0 Å². The van der Waals surface area contributed by atoms with Crippen LogP contribution in [0.2, 0.25) is 0 Å². The Kier molecular flexibility index (Phi) is 3.47. The molecule has 7 nitrogen and oxygen atoms in total. The summed E-state index contributed by atoms with van der Waals surface area (Å²) < 4.78 is 0. The number of nitrogens with one attached hydrogen (secondary N) is 1. The van der Waals surface area contributed by atoms with Crippen LogP contribution in [0, 0.1) is 5.92 Å². The topological polar surface area (TPSA) is 101 Å². The van der Waals surface area contributed by atoms with Gasteiger partial charge >= 0.3 is 0 Å². The molecular formula is C12H16N6OS. The maximum Gasteiger partial charge on any atom is 0.220 e. The van der Waals surface area contributed by atoms with Crippen LogP contribution < -0.4 is 10.6 Å². The molecule has 1 aliphatic rings. The molecule has 1 saturated heterocycles. The predicted octanol–water partition coefficient (Wildman–Crippen LogP) is 0.776. The van der Waals surface area contributed by atoms with Crippen LogP contribution in [-0.4, -0.2) is 45.4 Å². The highest BCUT2D eigenvalue weighted by molar-refractivity contribution is 7.98. The number of carbonyl (C=O) groups is 1. The van der Waals surface area contributed by atoms with E-state index in [9.17, 15) is 4.79 Å². The van der Waals surface area contributed by atoms with Gasteiger partial charge in [-0.2, -0.15) is 5.10 Å². The molecule has 2 aromatic rings. The van der Waals surface area contributed by atoms with Crippen LogP contribution in [0.1, 0.15) is 12.8 Å². The lowest BCUT2D eigenvalue weighted by Crippen LogP contribution is -2.39. The van der Waals surface area contributed by atoms with Crippen molar-refractivity contribution in [3.05, 3.63) is 6.33 Å². The van der Waals surface area contributed by atoms with Crippen molar-refractivity contribution >= 4 is 34.5 Å². The Morgan fingerprint density at radius 1 is 1.45 bits per heavy atom. The highest BCUT2D eigenvalue weighted by atomic mass is 32.2. The van der Waals surface area contributed by atoms with Crippen LogP contribution >= 0.6 is 11.8 Å². The molecule has 0 bridgehead atoms. The van der Waals surface area contributed by atoms with Crippen molar-refractivity contribution in [1.82, 2.24) is 20.2 Å². The molecule has 0 atom stereocenters. The molecule has 0 spiro atoms. The van der Waals surface area contributed by atoms with Crippen LogP contribution in [0.5, 0.6) is 0 Å². The van der Waals surface area contributed by atoms with E-state index in [-0.39, 0.29) is 11.8 Å². The summed E-state index contributed by atoms with van der Waals surface area (Å²) in [4.78, 5) is 22.0. The van der Waals surface area contributed by atoms with Gasteiger partial charge in [0.2, 0.25) is 5.91 Å². The number of aromatic amines is 1. The summed E-state index contributed by atoms with van der Waals surface area (Å²) >= 11 is 1.57. The summed E-state index contributed by atoms with van der Waals surface area (Å²) in [6.45, 7) is 1.55. The molecule has 0 radical (unpaired) electrons.